The van der Waals surface area contributed by atoms with Crippen LogP contribution in [-0.4, -0.2) is 48.8 Å². The van der Waals surface area contributed by atoms with Crippen molar-refractivity contribution < 1.29 is 5.11 Å². The van der Waals surface area contributed by atoms with E-state index in [1.807, 2.05) is 0 Å². The summed E-state index contributed by atoms with van der Waals surface area (Å²) in [7, 11) is 0. The lowest BCUT2D eigenvalue weighted by Gasteiger charge is -2.23. The lowest BCUT2D eigenvalue weighted by molar-refractivity contribution is 0.189. The standard InChI is InChI=1S/C10H20N2O/c13-8-9-3-4-11-10(9)7-12-5-1-2-6-12/h9-11,13H,1-8H2/t9-,10-/m1/s1. The molecule has 0 aromatic carbocycles. The first-order valence-electron chi connectivity index (χ1n) is 5.47. The SMILES string of the molecule is OC[C@H]1CCN[C@@H]1CN1CCCC1. The predicted octanol–water partition coefficient (Wildman–Crippen LogP) is 0.0526. The first kappa shape index (κ1) is 9.44. The molecule has 0 radical (unpaired) electrons. The summed E-state index contributed by atoms with van der Waals surface area (Å²) in [6, 6.07) is 0.545. The Morgan fingerprint density at radius 1 is 1.31 bits per heavy atom. The fourth-order valence-electron chi connectivity index (χ4n) is 2.50. The molecule has 2 atom stereocenters. The van der Waals surface area contributed by atoms with Gasteiger partial charge in [0.1, 0.15) is 0 Å². The molecule has 2 N–H and O–H groups in total. The van der Waals surface area contributed by atoms with E-state index in [9.17, 15) is 0 Å². The fraction of sp³-hybridized carbons (Fsp3) is 1.00. The number of hydrogen-bond acceptors (Lipinski definition) is 3. The molecule has 0 spiro atoms. The molecule has 2 rings (SSSR count). The summed E-state index contributed by atoms with van der Waals surface area (Å²) in [6.45, 7) is 5.10. The van der Waals surface area contributed by atoms with E-state index in [1.165, 1.54) is 25.9 Å². The van der Waals surface area contributed by atoms with Gasteiger partial charge >= 0.3 is 0 Å². The number of hydrogen-bond donors (Lipinski definition) is 2. The maximum absolute atomic E-state index is 9.15. The summed E-state index contributed by atoms with van der Waals surface area (Å²) < 4.78 is 0. The van der Waals surface area contributed by atoms with Crippen LogP contribution in [0.3, 0.4) is 0 Å². The van der Waals surface area contributed by atoms with Crippen LogP contribution in [0, 0.1) is 5.92 Å². The van der Waals surface area contributed by atoms with Gasteiger partial charge in [-0.1, -0.05) is 0 Å². The average molecular weight is 184 g/mol. The summed E-state index contributed by atoms with van der Waals surface area (Å²) in [5.74, 6) is 0.501. The van der Waals surface area contributed by atoms with Crippen molar-refractivity contribution in [2.75, 3.05) is 32.8 Å². The first-order valence-corrected chi connectivity index (χ1v) is 5.47. The van der Waals surface area contributed by atoms with Crippen molar-refractivity contribution in [3.8, 4) is 0 Å². The maximum atomic E-state index is 9.15. The van der Waals surface area contributed by atoms with Crippen LogP contribution in [0.4, 0.5) is 0 Å². The average Bonchev–Trinajstić information content (AvgIpc) is 2.76. The molecular weight excluding hydrogens is 164 g/mol. The zero-order chi connectivity index (χ0) is 9.10. The summed E-state index contributed by atoms with van der Waals surface area (Å²) in [5, 5.41) is 12.6. The van der Waals surface area contributed by atoms with Crippen molar-refractivity contribution in [1.82, 2.24) is 10.2 Å². The van der Waals surface area contributed by atoms with E-state index in [0.29, 0.717) is 18.6 Å². The smallest absolute Gasteiger partial charge is 0.0475 e. The molecule has 2 heterocycles. The number of likely N-dealkylation sites (tertiary alicyclic amines) is 1. The van der Waals surface area contributed by atoms with Crippen LogP contribution in [0.2, 0.25) is 0 Å². The Balaban J connectivity index is 1.79. The van der Waals surface area contributed by atoms with Gasteiger partial charge in [0.15, 0.2) is 0 Å². The van der Waals surface area contributed by atoms with Gasteiger partial charge < -0.3 is 15.3 Å². The lowest BCUT2D eigenvalue weighted by Crippen LogP contribution is -2.40. The summed E-state index contributed by atoms with van der Waals surface area (Å²) in [5.41, 5.74) is 0. The van der Waals surface area contributed by atoms with Gasteiger partial charge in [-0.2, -0.15) is 0 Å². The van der Waals surface area contributed by atoms with Gasteiger partial charge in [0.25, 0.3) is 0 Å². The van der Waals surface area contributed by atoms with Crippen molar-refractivity contribution in [2.45, 2.75) is 25.3 Å². The minimum absolute atomic E-state index is 0.353. The van der Waals surface area contributed by atoms with Gasteiger partial charge in [-0.15, -0.1) is 0 Å². The van der Waals surface area contributed by atoms with E-state index in [2.05, 4.69) is 10.2 Å². The van der Waals surface area contributed by atoms with Gasteiger partial charge in [-0.05, 0) is 44.8 Å². The molecule has 0 aromatic heterocycles. The Hall–Kier alpha value is -0.120. The largest absolute Gasteiger partial charge is 0.396 e. The normalized spacial score (nSPS) is 35.8. The minimum atomic E-state index is 0.353. The second-order valence-corrected chi connectivity index (χ2v) is 4.30. The number of aliphatic hydroxyl groups is 1. The molecule has 3 heteroatoms. The Bertz CT molecular complexity index is 157. The Morgan fingerprint density at radius 3 is 2.77 bits per heavy atom. The molecule has 0 aliphatic carbocycles. The number of nitrogens with one attached hydrogen (secondary N) is 1. The Morgan fingerprint density at radius 2 is 2.08 bits per heavy atom. The monoisotopic (exact) mass is 184 g/mol. The Labute approximate surface area is 80.1 Å². The third kappa shape index (κ3) is 2.22. The van der Waals surface area contributed by atoms with Crippen LogP contribution in [-0.2, 0) is 0 Å². The Kier molecular flexibility index (Phi) is 3.19. The topological polar surface area (TPSA) is 35.5 Å². The van der Waals surface area contributed by atoms with E-state index in [4.69, 9.17) is 5.11 Å². The molecule has 0 amide bonds. The van der Waals surface area contributed by atoms with Crippen molar-refractivity contribution in [3.63, 3.8) is 0 Å². The number of nitrogens with zero attached hydrogens (tertiary/aromatic N) is 1. The first-order chi connectivity index (χ1) is 6.40. The molecule has 2 aliphatic heterocycles. The molecule has 2 aliphatic rings. The molecule has 2 fully saturated rings. The van der Waals surface area contributed by atoms with Gasteiger partial charge in [-0.25, -0.2) is 0 Å². The summed E-state index contributed by atoms with van der Waals surface area (Å²) in [4.78, 5) is 2.52. The highest BCUT2D eigenvalue weighted by molar-refractivity contribution is 4.86. The molecule has 0 unspecified atom stereocenters. The molecule has 0 bridgehead atoms. The molecule has 0 saturated carbocycles. The lowest BCUT2D eigenvalue weighted by atomic mass is 10.0. The molecule has 13 heavy (non-hydrogen) atoms. The van der Waals surface area contributed by atoms with Gasteiger partial charge in [0, 0.05) is 19.2 Å². The van der Waals surface area contributed by atoms with Crippen LogP contribution in [0.5, 0.6) is 0 Å². The van der Waals surface area contributed by atoms with E-state index >= 15 is 0 Å². The van der Waals surface area contributed by atoms with Gasteiger partial charge in [-0.3, -0.25) is 0 Å². The highest BCUT2D eigenvalue weighted by Gasteiger charge is 2.28. The molecule has 2 saturated heterocycles. The minimum Gasteiger partial charge on any atom is -0.396 e. The van der Waals surface area contributed by atoms with Gasteiger partial charge in [0.2, 0.25) is 0 Å². The highest BCUT2D eigenvalue weighted by atomic mass is 16.3. The number of aliphatic hydroxyl groups excluding tert-OH is 1. The van der Waals surface area contributed by atoms with Crippen LogP contribution in [0.15, 0.2) is 0 Å². The predicted molar refractivity (Wildman–Crippen MR) is 52.7 cm³/mol. The van der Waals surface area contributed by atoms with Crippen molar-refractivity contribution in [1.29, 1.82) is 0 Å². The van der Waals surface area contributed by atoms with E-state index in [1.54, 1.807) is 0 Å². The molecule has 3 nitrogen and oxygen atoms in total. The highest BCUT2D eigenvalue weighted by Crippen LogP contribution is 2.17. The molecule has 0 aromatic rings. The van der Waals surface area contributed by atoms with Crippen LogP contribution >= 0.6 is 0 Å². The fourth-order valence-corrected chi connectivity index (χ4v) is 2.50. The van der Waals surface area contributed by atoms with Crippen LogP contribution in [0.1, 0.15) is 19.3 Å². The van der Waals surface area contributed by atoms with Crippen LogP contribution < -0.4 is 5.32 Å². The quantitative estimate of drug-likeness (QED) is 0.651. The van der Waals surface area contributed by atoms with E-state index in [0.717, 1.165) is 19.5 Å². The second kappa shape index (κ2) is 4.40. The summed E-state index contributed by atoms with van der Waals surface area (Å²) >= 11 is 0. The van der Waals surface area contributed by atoms with Crippen molar-refractivity contribution in [2.24, 2.45) is 5.92 Å². The van der Waals surface area contributed by atoms with Crippen LogP contribution in [0.25, 0.3) is 0 Å². The molecule has 76 valence electrons. The second-order valence-electron chi connectivity index (χ2n) is 4.30. The van der Waals surface area contributed by atoms with E-state index < -0.39 is 0 Å². The molecular formula is C10H20N2O. The van der Waals surface area contributed by atoms with E-state index in [-0.39, 0.29) is 0 Å². The zero-order valence-corrected chi connectivity index (χ0v) is 8.21. The maximum Gasteiger partial charge on any atom is 0.0475 e. The third-order valence-electron chi connectivity index (χ3n) is 3.38. The van der Waals surface area contributed by atoms with Crippen molar-refractivity contribution in [3.05, 3.63) is 0 Å². The number of rotatable bonds is 3. The van der Waals surface area contributed by atoms with Gasteiger partial charge in [0.05, 0.1) is 0 Å². The third-order valence-corrected chi connectivity index (χ3v) is 3.38. The summed E-state index contributed by atoms with van der Waals surface area (Å²) in [6.07, 6.45) is 3.86. The zero-order valence-electron chi connectivity index (χ0n) is 8.21. The van der Waals surface area contributed by atoms with Crippen molar-refractivity contribution >= 4 is 0 Å².